The van der Waals surface area contributed by atoms with Gasteiger partial charge in [-0.15, -0.1) is 24.0 Å². The molecule has 0 spiro atoms. The predicted octanol–water partition coefficient (Wildman–Crippen LogP) is 3.95. The van der Waals surface area contributed by atoms with Crippen LogP contribution in [0.25, 0.3) is 0 Å². The summed E-state index contributed by atoms with van der Waals surface area (Å²) in [6.07, 6.45) is 10.9. The summed E-state index contributed by atoms with van der Waals surface area (Å²) in [7, 11) is 1.84. The zero-order valence-corrected chi connectivity index (χ0v) is 17.1. The van der Waals surface area contributed by atoms with Gasteiger partial charge in [0.15, 0.2) is 5.96 Å². The lowest BCUT2D eigenvalue weighted by atomic mass is 9.89. The average molecular weight is 425 g/mol. The van der Waals surface area contributed by atoms with Gasteiger partial charge in [0.25, 0.3) is 0 Å². The summed E-state index contributed by atoms with van der Waals surface area (Å²) < 4.78 is 5.26. The molecule has 1 fully saturated rings. The predicted molar refractivity (Wildman–Crippen MR) is 106 cm³/mol. The first-order valence-electron chi connectivity index (χ1n) is 8.72. The van der Waals surface area contributed by atoms with Crippen molar-refractivity contribution < 1.29 is 4.74 Å². The topological polar surface area (TPSA) is 45.7 Å². The Bertz CT molecular complexity index is 294. The van der Waals surface area contributed by atoms with Crippen LogP contribution < -0.4 is 10.6 Å². The number of hydrogen-bond donors (Lipinski definition) is 2. The summed E-state index contributed by atoms with van der Waals surface area (Å²) in [5, 5.41) is 6.80. The maximum Gasteiger partial charge on any atom is 0.190 e. The smallest absolute Gasteiger partial charge is 0.190 e. The zero-order chi connectivity index (χ0) is 15.4. The first-order chi connectivity index (χ1) is 10.2. The van der Waals surface area contributed by atoms with E-state index in [0.717, 1.165) is 32.3 Å². The molecule has 0 aromatic carbocycles. The lowest BCUT2D eigenvalue weighted by Gasteiger charge is -2.38. The van der Waals surface area contributed by atoms with E-state index in [1.165, 1.54) is 51.4 Å². The maximum atomic E-state index is 5.26. The molecule has 0 aromatic heterocycles. The second-order valence-electron chi connectivity index (χ2n) is 6.63. The fourth-order valence-electron chi connectivity index (χ4n) is 2.54. The second-order valence-corrected chi connectivity index (χ2v) is 6.63. The minimum atomic E-state index is 0. The Labute approximate surface area is 154 Å². The standard InChI is InChI=1S/C17H35N3O.HI/c1-4-5-6-7-8-9-10-11-12-19-16(18-3)20-13-17(2)14-21-15-17;/h4-15H2,1-3H3,(H2,18,19,20);1H. The molecule has 0 radical (unpaired) electrons. The van der Waals surface area contributed by atoms with Crippen molar-refractivity contribution in [2.75, 3.05) is 33.4 Å². The molecule has 0 atom stereocenters. The molecule has 132 valence electrons. The van der Waals surface area contributed by atoms with E-state index in [2.05, 4.69) is 29.5 Å². The van der Waals surface area contributed by atoms with Crippen LogP contribution in [-0.4, -0.2) is 39.3 Å². The van der Waals surface area contributed by atoms with Crippen molar-refractivity contribution in [2.45, 2.75) is 65.2 Å². The number of rotatable bonds is 11. The number of nitrogens with zero attached hydrogens (tertiary/aromatic N) is 1. The fourth-order valence-corrected chi connectivity index (χ4v) is 2.54. The van der Waals surface area contributed by atoms with Crippen LogP contribution in [0.3, 0.4) is 0 Å². The van der Waals surface area contributed by atoms with Crippen molar-refractivity contribution in [3.05, 3.63) is 0 Å². The summed E-state index contributed by atoms with van der Waals surface area (Å²) in [6.45, 7) is 8.18. The Morgan fingerprint density at radius 3 is 2.09 bits per heavy atom. The van der Waals surface area contributed by atoms with Crippen LogP contribution in [0.4, 0.5) is 0 Å². The number of halogens is 1. The summed E-state index contributed by atoms with van der Waals surface area (Å²) in [5.41, 5.74) is 0.288. The van der Waals surface area contributed by atoms with Gasteiger partial charge in [-0.05, 0) is 6.42 Å². The molecule has 1 aliphatic heterocycles. The van der Waals surface area contributed by atoms with E-state index in [-0.39, 0.29) is 29.4 Å². The van der Waals surface area contributed by atoms with Crippen LogP contribution in [-0.2, 0) is 4.74 Å². The first-order valence-corrected chi connectivity index (χ1v) is 8.72. The molecule has 5 heteroatoms. The van der Waals surface area contributed by atoms with Crippen LogP contribution in [0.2, 0.25) is 0 Å². The molecule has 0 amide bonds. The van der Waals surface area contributed by atoms with Gasteiger partial charge in [0, 0.05) is 25.6 Å². The Balaban J connectivity index is 0.00000441. The van der Waals surface area contributed by atoms with Gasteiger partial charge in [-0.2, -0.15) is 0 Å². The summed E-state index contributed by atoms with van der Waals surface area (Å²) in [4.78, 5) is 4.27. The number of ether oxygens (including phenoxy) is 1. The molecular formula is C17H36IN3O. The Morgan fingerprint density at radius 1 is 1.00 bits per heavy atom. The molecule has 1 aliphatic rings. The molecule has 0 aliphatic carbocycles. The molecule has 1 heterocycles. The van der Waals surface area contributed by atoms with E-state index in [0.29, 0.717) is 0 Å². The Morgan fingerprint density at radius 2 is 1.59 bits per heavy atom. The monoisotopic (exact) mass is 425 g/mol. The fraction of sp³-hybridized carbons (Fsp3) is 0.941. The number of hydrogen-bond acceptors (Lipinski definition) is 2. The van der Waals surface area contributed by atoms with Crippen LogP contribution in [0.5, 0.6) is 0 Å². The van der Waals surface area contributed by atoms with Crippen molar-refractivity contribution in [3.63, 3.8) is 0 Å². The minimum absolute atomic E-state index is 0. The third-order valence-electron chi connectivity index (χ3n) is 4.13. The second kappa shape index (κ2) is 13.4. The van der Waals surface area contributed by atoms with Gasteiger partial charge in [-0.3, -0.25) is 4.99 Å². The third-order valence-corrected chi connectivity index (χ3v) is 4.13. The van der Waals surface area contributed by atoms with Crippen LogP contribution >= 0.6 is 24.0 Å². The molecule has 0 saturated carbocycles. The van der Waals surface area contributed by atoms with E-state index in [1.54, 1.807) is 0 Å². The van der Waals surface area contributed by atoms with E-state index < -0.39 is 0 Å². The number of nitrogens with one attached hydrogen (secondary N) is 2. The van der Waals surface area contributed by atoms with Gasteiger partial charge in [0.05, 0.1) is 13.2 Å². The highest BCUT2D eigenvalue weighted by atomic mass is 127. The molecular weight excluding hydrogens is 389 g/mol. The Kier molecular flexibility index (Phi) is 13.4. The van der Waals surface area contributed by atoms with Gasteiger partial charge in [-0.1, -0.05) is 58.8 Å². The molecule has 1 rings (SSSR count). The van der Waals surface area contributed by atoms with E-state index in [1.807, 2.05) is 7.05 Å². The molecule has 0 aromatic rings. The lowest BCUT2D eigenvalue weighted by molar-refractivity contribution is -0.0971. The highest BCUT2D eigenvalue weighted by Crippen LogP contribution is 2.24. The van der Waals surface area contributed by atoms with Crippen molar-refractivity contribution in [1.82, 2.24) is 10.6 Å². The molecule has 0 bridgehead atoms. The van der Waals surface area contributed by atoms with E-state index in [4.69, 9.17) is 4.74 Å². The third kappa shape index (κ3) is 9.87. The minimum Gasteiger partial charge on any atom is -0.380 e. The zero-order valence-electron chi connectivity index (χ0n) is 14.7. The number of aliphatic imine (C=N–C) groups is 1. The summed E-state index contributed by atoms with van der Waals surface area (Å²) in [6, 6.07) is 0. The summed E-state index contributed by atoms with van der Waals surface area (Å²) >= 11 is 0. The van der Waals surface area contributed by atoms with Crippen LogP contribution in [0, 0.1) is 5.41 Å². The van der Waals surface area contributed by atoms with Crippen molar-refractivity contribution in [1.29, 1.82) is 0 Å². The van der Waals surface area contributed by atoms with Crippen molar-refractivity contribution in [2.24, 2.45) is 10.4 Å². The Hall–Kier alpha value is -0.0400. The largest absolute Gasteiger partial charge is 0.380 e. The molecule has 0 unspecified atom stereocenters. The first kappa shape index (κ1) is 22.0. The van der Waals surface area contributed by atoms with Crippen LogP contribution in [0.15, 0.2) is 4.99 Å². The SMILES string of the molecule is CCCCCCCCCCNC(=NC)NCC1(C)COC1.I. The van der Waals surface area contributed by atoms with Crippen molar-refractivity contribution >= 4 is 29.9 Å². The van der Waals surface area contributed by atoms with Gasteiger partial charge >= 0.3 is 0 Å². The van der Waals surface area contributed by atoms with Gasteiger partial charge in [-0.25, -0.2) is 0 Å². The van der Waals surface area contributed by atoms with E-state index >= 15 is 0 Å². The summed E-state index contributed by atoms with van der Waals surface area (Å²) in [5.74, 6) is 0.922. The van der Waals surface area contributed by atoms with E-state index in [9.17, 15) is 0 Å². The van der Waals surface area contributed by atoms with Gasteiger partial charge < -0.3 is 15.4 Å². The highest BCUT2D eigenvalue weighted by molar-refractivity contribution is 14.0. The van der Waals surface area contributed by atoms with Crippen molar-refractivity contribution in [3.8, 4) is 0 Å². The van der Waals surface area contributed by atoms with Crippen LogP contribution in [0.1, 0.15) is 65.2 Å². The molecule has 22 heavy (non-hydrogen) atoms. The average Bonchev–Trinajstić information content (AvgIpc) is 2.46. The lowest BCUT2D eigenvalue weighted by Crippen LogP contribution is -2.51. The maximum absolute atomic E-state index is 5.26. The van der Waals surface area contributed by atoms with Gasteiger partial charge in [0.2, 0.25) is 0 Å². The highest BCUT2D eigenvalue weighted by Gasteiger charge is 2.33. The molecule has 4 nitrogen and oxygen atoms in total. The number of guanidine groups is 1. The quantitative estimate of drug-likeness (QED) is 0.228. The van der Waals surface area contributed by atoms with Gasteiger partial charge in [0.1, 0.15) is 0 Å². The molecule has 2 N–H and O–H groups in total. The molecule has 1 saturated heterocycles. The number of unbranched alkanes of at least 4 members (excludes halogenated alkanes) is 7. The normalized spacial score (nSPS) is 16.6.